The normalized spacial score (nSPS) is 21.2. The Hall–Kier alpha value is -1.72. The van der Waals surface area contributed by atoms with Crippen LogP contribution < -0.4 is 15.4 Å². The maximum absolute atomic E-state index is 12.6. The van der Waals surface area contributed by atoms with Crippen LogP contribution in [0.25, 0.3) is 0 Å². The second kappa shape index (κ2) is 13.1. The lowest BCUT2D eigenvalue weighted by atomic mass is 9.92. The number of nitrogens with one attached hydrogen (secondary N) is 3. The van der Waals surface area contributed by atoms with E-state index >= 15 is 0 Å². The van der Waals surface area contributed by atoms with Crippen LogP contribution in [0.15, 0.2) is 0 Å². The lowest BCUT2D eigenvalue weighted by molar-refractivity contribution is -0.139. The molecule has 0 aromatic carbocycles. The van der Waals surface area contributed by atoms with Gasteiger partial charge in [0.15, 0.2) is 0 Å². The van der Waals surface area contributed by atoms with Crippen molar-refractivity contribution in [1.29, 1.82) is 0 Å². The van der Waals surface area contributed by atoms with Gasteiger partial charge >= 0.3 is 5.97 Å². The minimum absolute atomic E-state index is 0.0631. The van der Waals surface area contributed by atoms with Crippen molar-refractivity contribution in [3.05, 3.63) is 0 Å². The van der Waals surface area contributed by atoms with E-state index in [2.05, 4.69) is 15.4 Å². The molecule has 0 spiro atoms. The van der Waals surface area contributed by atoms with E-state index in [0.29, 0.717) is 51.1 Å². The number of unbranched alkanes of at least 4 members (excludes halogenated alkanes) is 1. The van der Waals surface area contributed by atoms with Gasteiger partial charge in [0.1, 0.15) is 6.04 Å². The van der Waals surface area contributed by atoms with E-state index in [4.69, 9.17) is 0 Å². The predicted molar refractivity (Wildman–Crippen MR) is 120 cm³/mol. The van der Waals surface area contributed by atoms with Gasteiger partial charge in [-0.2, -0.15) is 4.72 Å². The van der Waals surface area contributed by atoms with Crippen molar-refractivity contribution in [1.82, 2.24) is 20.3 Å². The number of carboxylic acids is 1. The van der Waals surface area contributed by atoms with Crippen LogP contribution >= 0.6 is 0 Å². The second-order valence-corrected chi connectivity index (χ2v) is 10.7. The van der Waals surface area contributed by atoms with E-state index in [1.54, 1.807) is 4.90 Å². The lowest BCUT2D eigenvalue weighted by Gasteiger charge is -2.33. The van der Waals surface area contributed by atoms with Crippen molar-refractivity contribution in [2.75, 3.05) is 38.5 Å². The van der Waals surface area contributed by atoms with Gasteiger partial charge < -0.3 is 20.6 Å². The number of sulfonamides is 1. The van der Waals surface area contributed by atoms with Crippen LogP contribution in [-0.2, 0) is 24.4 Å². The third-order valence-electron chi connectivity index (χ3n) is 6.24. The number of nitrogens with zero attached hydrogens (tertiary/aromatic N) is 1. The van der Waals surface area contributed by atoms with Gasteiger partial charge in [-0.3, -0.25) is 14.4 Å². The first-order valence-electron chi connectivity index (χ1n) is 11.7. The molecule has 0 aromatic rings. The van der Waals surface area contributed by atoms with Crippen molar-refractivity contribution in [3.8, 4) is 0 Å². The first-order valence-corrected chi connectivity index (χ1v) is 13.4. The molecule has 11 heteroatoms. The van der Waals surface area contributed by atoms with Gasteiger partial charge in [-0.1, -0.05) is 13.3 Å². The molecule has 2 saturated heterocycles. The van der Waals surface area contributed by atoms with Crippen molar-refractivity contribution in [2.45, 2.75) is 64.3 Å². The third-order valence-corrected chi connectivity index (χ3v) is 7.71. The number of carbonyl (C=O) groups excluding carboxylic acids is 2. The summed E-state index contributed by atoms with van der Waals surface area (Å²) in [7, 11) is -3.74. The summed E-state index contributed by atoms with van der Waals surface area (Å²) < 4.78 is 26.2. The number of aliphatic carboxylic acids is 1. The molecule has 184 valence electrons. The molecule has 4 N–H and O–H groups in total. The van der Waals surface area contributed by atoms with Crippen molar-refractivity contribution in [2.24, 2.45) is 11.8 Å². The number of hydrogen-bond acceptors (Lipinski definition) is 6. The largest absolute Gasteiger partial charge is 0.480 e. The highest BCUT2D eigenvalue weighted by atomic mass is 32.2. The number of likely N-dealkylation sites (tertiary alicyclic amines) is 1. The molecule has 2 atom stereocenters. The van der Waals surface area contributed by atoms with Gasteiger partial charge in [-0.15, -0.1) is 0 Å². The number of piperidine rings is 2. The Morgan fingerprint density at radius 3 is 2.56 bits per heavy atom. The Kier molecular flexibility index (Phi) is 10.9. The highest BCUT2D eigenvalue weighted by Crippen LogP contribution is 2.21. The fourth-order valence-electron chi connectivity index (χ4n) is 4.21. The zero-order chi connectivity index (χ0) is 23.6. The third kappa shape index (κ3) is 9.03. The van der Waals surface area contributed by atoms with Crippen molar-refractivity contribution < 1.29 is 27.9 Å². The number of carbonyl (C=O) groups is 3. The molecule has 10 nitrogen and oxygen atoms in total. The van der Waals surface area contributed by atoms with Crippen LogP contribution in [0.1, 0.15) is 58.3 Å². The Bertz CT molecular complexity index is 739. The maximum Gasteiger partial charge on any atom is 0.323 e. The van der Waals surface area contributed by atoms with Crippen molar-refractivity contribution >= 4 is 27.8 Å². The first kappa shape index (κ1) is 26.5. The summed E-state index contributed by atoms with van der Waals surface area (Å²) in [5.74, 6) is -1.63. The topological polar surface area (TPSA) is 145 Å². The molecule has 2 heterocycles. The van der Waals surface area contributed by atoms with E-state index < -0.39 is 28.0 Å². The quantitative estimate of drug-likeness (QED) is 0.318. The summed E-state index contributed by atoms with van der Waals surface area (Å²) in [6, 6.07) is -1.42. The van der Waals surface area contributed by atoms with Gasteiger partial charge in [0.2, 0.25) is 21.8 Å². The first-order chi connectivity index (χ1) is 15.2. The molecule has 0 saturated carbocycles. The molecule has 2 fully saturated rings. The summed E-state index contributed by atoms with van der Waals surface area (Å²) in [4.78, 5) is 38.4. The standard InChI is InChI=1S/C21H38N4O6S/c1-2-3-13-32(30,31)24-18(21(28)29)14-23-20(27)17-5-4-12-25(15-17)19(26)7-6-16-8-10-22-11-9-16/h16-18,22,24H,2-15H2,1H3,(H,23,27)(H,28,29)/t17-,18+/m1/s1. The van der Waals surface area contributed by atoms with Gasteiger partial charge in [-0.25, -0.2) is 8.42 Å². The number of rotatable bonds is 12. The molecular formula is C21H38N4O6S. The summed E-state index contributed by atoms with van der Waals surface area (Å²) in [5, 5.41) is 15.2. The Morgan fingerprint density at radius 1 is 1.19 bits per heavy atom. The summed E-state index contributed by atoms with van der Waals surface area (Å²) in [6.45, 7) is 4.45. The Morgan fingerprint density at radius 2 is 1.91 bits per heavy atom. The molecule has 2 aliphatic rings. The highest BCUT2D eigenvalue weighted by Gasteiger charge is 2.30. The zero-order valence-electron chi connectivity index (χ0n) is 19.0. The van der Waals surface area contributed by atoms with Crippen molar-refractivity contribution in [3.63, 3.8) is 0 Å². The van der Waals surface area contributed by atoms with E-state index in [0.717, 1.165) is 32.4 Å². The van der Waals surface area contributed by atoms with E-state index in [-0.39, 0.29) is 24.1 Å². The molecule has 0 unspecified atom stereocenters. The smallest absolute Gasteiger partial charge is 0.323 e. The summed E-state index contributed by atoms with van der Waals surface area (Å²) in [5.41, 5.74) is 0. The average Bonchev–Trinajstić information content (AvgIpc) is 2.79. The predicted octanol–water partition coefficient (Wildman–Crippen LogP) is 0.294. The summed E-state index contributed by atoms with van der Waals surface area (Å²) >= 11 is 0. The number of amides is 2. The summed E-state index contributed by atoms with van der Waals surface area (Å²) in [6.07, 6.45) is 5.96. The maximum atomic E-state index is 12.6. The van der Waals surface area contributed by atoms with Gasteiger partial charge in [0, 0.05) is 26.1 Å². The second-order valence-electron chi connectivity index (χ2n) is 8.84. The molecular weight excluding hydrogens is 436 g/mol. The minimum atomic E-state index is -3.74. The molecule has 0 aromatic heterocycles. The van der Waals surface area contributed by atoms with Crippen LogP contribution in [0.2, 0.25) is 0 Å². The van der Waals surface area contributed by atoms with Crippen LogP contribution in [0, 0.1) is 11.8 Å². The molecule has 2 aliphatic heterocycles. The number of hydrogen-bond donors (Lipinski definition) is 4. The number of carboxylic acid groups (broad SMARTS) is 1. The molecule has 2 rings (SSSR count). The Labute approximate surface area is 190 Å². The lowest BCUT2D eigenvalue weighted by Crippen LogP contribution is -2.51. The molecule has 0 radical (unpaired) electrons. The van der Waals surface area contributed by atoms with Crippen LogP contribution in [0.3, 0.4) is 0 Å². The molecule has 0 aliphatic carbocycles. The Balaban J connectivity index is 1.80. The fraction of sp³-hybridized carbons (Fsp3) is 0.857. The zero-order valence-corrected chi connectivity index (χ0v) is 19.8. The van der Waals surface area contributed by atoms with Gasteiger partial charge in [0.05, 0.1) is 11.7 Å². The highest BCUT2D eigenvalue weighted by molar-refractivity contribution is 7.89. The fourth-order valence-corrected chi connectivity index (χ4v) is 5.61. The SMILES string of the molecule is CCCCS(=O)(=O)N[C@@H](CNC(=O)[C@@H]1CCCN(C(=O)CCC2CCNCC2)C1)C(=O)O. The van der Waals surface area contributed by atoms with E-state index in [9.17, 15) is 27.9 Å². The van der Waals surface area contributed by atoms with Gasteiger partial charge in [0.25, 0.3) is 0 Å². The molecule has 2 amide bonds. The van der Waals surface area contributed by atoms with E-state index in [1.807, 2.05) is 6.92 Å². The average molecular weight is 475 g/mol. The van der Waals surface area contributed by atoms with E-state index in [1.165, 1.54) is 0 Å². The van der Waals surface area contributed by atoms with Crippen LogP contribution in [0.4, 0.5) is 0 Å². The monoisotopic (exact) mass is 474 g/mol. The minimum Gasteiger partial charge on any atom is -0.480 e. The van der Waals surface area contributed by atoms with Crippen LogP contribution in [-0.4, -0.2) is 80.7 Å². The van der Waals surface area contributed by atoms with Crippen LogP contribution in [0.5, 0.6) is 0 Å². The molecule has 0 bridgehead atoms. The molecule has 32 heavy (non-hydrogen) atoms. The van der Waals surface area contributed by atoms with Gasteiger partial charge in [-0.05, 0) is 57.5 Å².